The number of aliphatic hydroxyl groups excluding tert-OH is 1. The van der Waals surface area contributed by atoms with Crippen LogP contribution in [0.2, 0.25) is 0 Å². The van der Waals surface area contributed by atoms with E-state index in [-0.39, 0.29) is 12.4 Å². The first kappa shape index (κ1) is 10.7. The monoisotopic (exact) mass is 186 g/mol. The average Bonchev–Trinajstić information content (AvgIpc) is 2.15. The first-order valence-electron chi connectivity index (χ1n) is 4.66. The van der Waals surface area contributed by atoms with Gasteiger partial charge in [-0.2, -0.15) is 0 Å². The van der Waals surface area contributed by atoms with Gasteiger partial charge in [-0.1, -0.05) is 13.0 Å². The second-order valence-electron chi connectivity index (χ2n) is 3.64. The van der Waals surface area contributed by atoms with E-state index in [4.69, 9.17) is 9.47 Å². The molecule has 0 saturated carbocycles. The Labute approximate surface area is 79.3 Å². The molecule has 1 rings (SSSR count). The molecule has 76 valence electrons. The Morgan fingerprint density at radius 3 is 2.85 bits per heavy atom. The fourth-order valence-electron chi connectivity index (χ4n) is 1.65. The topological polar surface area (TPSA) is 38.7 Å². The van der Waals surface area contributed by atoms with E-state index < -0.39 is 6.10 Å². The number of aliphatic hydroxyl groups is 1. The van der Waals surface area contributed by atoms with E-state index in [1.54, 1.807) is 7.11 Å². The minimum Gasteiger partial charge on any atom is -0.386 e. The van der Waals surface area contributed by atoms with Crippen LogP contribution in [0.1, 0.15) is 19.8 Å². The molecule has 1 heterocycles. The zero-order valence-electron chi connectivity index (χ0n) is 8.27. The predicted octanol–water partition coefficient (Wildman–Crippen LogP) is 1.32. The van der Waals surface area contributed by atoms with Crippen molar-refractivity contribution in [1.82, 2.24) is 0 Å². The third-order valence-electron chi connectivity index (χ3n) is 2.44. The molecule has 0 bridgehead atoms. The summed E-state index contributed by atoms with van der Waals surface area (Å²) in [5.74, 6) is 0.526. The number of methoxy groups -OCH3 is 1. The summed E-state index contributed by atoms with van der Waals surface area (Å²) in [6.07, 6.45) is 2.36. The van der Waals surface area contributed by atoms with Crippen LogP contribution in [0.4, 0.5) is 0 Å². The van der Waals surface area contributed by atoms with Gasteiger partial charge in [-0.25, -0.2) is 0 Å². The zero-order chi connectivity index (χ0) is 9.84. The summed E-state index contributed by atoms with van der Waals surface area (Å²) in [4.78, 5) is 0. The van der Waals surface area contributed by atoms with Gasteiger partial charge in [0, 0.05) is 13.5 Å². The highest BCUT2D eigenvalue weighted by atomic mass is 16.7. The van der Waals surface area contributed by atoms with Crippen LogP contribution in [0.25, 0.3) is 0 Å². The number of hydrogen-bond donors (Lipinski definition) is 1. The van der Waals surface area contributed by atoms with Crippen LogP contribution in [-0.2, 0) is 9.47 Å². The van der Waals surface area contributed by atoms with Crippen molar-refractivity contribution in [2.75, 3.05) is 7.11 Å². The van der Waals surface area contributed by atoms with Gasteiger partial charge in [0.2, 0.25) is 0 Å². The second-order valence-corrected chi connectivity index (χ2v) is 3.64. The summed E-state index contributed by atoms with van der Waals surface area (Å²) in [7, 11) is 1.63. The summed E-state index contributed by atoms with van der Waals surface area (Å²) in [6, 6.07) is 0. The summed E-state index contributed by atoms with van der Waals surface area (Å²) in [5.41, 5.74) is 0. The van der Waals surface area contributed by atoms with Gasteiger partial charge in [0.15, 0.2) is 6.29 Å². The molecule has 4 unspecified atom stereocenters. The molecule has 1 aliphatic rings. The Bertz CT molecular complexity index is 170. The van der Waals surface area contributed by atoms with Gasteiger partial charge in [-0.15, -0.1) is 6.58 Å². The molecular weight excluding hydrogens is 168 g/mol. The number of rotatable bonds is 3. The lowest BCUT2D eigenvalue weighted by Crippen LogP contribution is -2.39. The Balaban J connectivity index is 2.51. The van der Waals surface area contributed by atoms with Gasteiger partial charge in [0.1, 0.15) is 0 Å². The van der Waals surface area contributed by atoms with Crippen LogP contribution in [0.3, 0.4) is 0 Å². The highest BCUT2D eigenvalue weighted by Crippen LogP contribution is 2.26. The molecule has 0 amide bonds. The number of ether oxygens (including phenoxy) is 2. The summed E-state index contributed by atoms with van der Waals surface area (Å²) < 4.78 is 10.6. The lowest BCUT2D eigenvalue weighted by atomic mass is 9.94. The maximum absolute atomic E-state index is 9.52. The van der Waals surface area contributed by atoms with Crippen LogP contribution in [0.15, 0.2) is 12.7 Å². The van der Waals surface area contributed by atoms with Gasteiger partial charge >= 0.3 is 0 Å². The predicted molar refractivity (Wildman–Crippen MR) is 50.3 cm³/mol. The van der Waals surface area contributed by atoms with Gasteiger partial charge in [0.05, 0.1) is 12.2 Å². The molecule has 0 aromatic heterocycles. The molecule has 1 fully saturated rings. The SMILES string of the molecule is C=CC(O)C1CC(C)CC(OC)O1. The first-order valence-corrected chi connectivity index (χ1v) is 4.66. The molecule has 0 aromatic rings. The van der Waals surface area contributed by atoms with E-state index in [0.29, 0.717) is 5.92 Å². The van der Waals surface area contributed by atoms with Gasteiger partial charge < -0.3 is 14.6 Å². The number of hydrogen-bond acceptors (Lipinski definition) is 3. The Morgan fingerprint density at radius 2 is 2.31 bits per heavy atom. The summed E-state index contributed by atoms with van der Waals surface area (Å²) >= 11 is 0. The molecule has 0 spiro atoms. The highest BCUT2D eigenvalue weighted by molar-refractivity contribution is 4.88. The summed E-state index contributed by atoms with van der Waals surface area (Å²) in [6.45, 7) is 5.68. The molecule has 0 aliphatic carbocycles. The van der Waals surface area contributed by atoms with Crippen LogP contribution in [0, 0.1) is 5.92 Å². The van der Waals surface area contributed by atoms with Crippen molar-refractivity contribution in [3.63, 3.8) is 0 Å². The molecule has 4 atom stereocenters. The van der Waals surface area contributed by atoms with Gasteiger partial charge in [-0.05, 0) is 12.3 Å². The van der Waals surface area contributed by atoms with E-state index in [1.165, 1.54) is 6.08 Å². The Hall–Kier alpha value is -0.380. The van der Waals surface area contributed by atoms with E-state index >= 15 is 0 Å². The van der Waals surface area contributed by atoms with Crippen molar-refractivity contribution in [1.29, 1.82) is 0 Å². The normalized spacial score (nSPS) is 37.0. The second kappa shape index (κ2) is 4.74. The van der Waals surface area contributed by atoms with Crippen molar-refractivity contribution in [2.24, 2.45) is 5.92 Å². The third-order valence-corrected chi connectivity index (χ3v) is 2.44. The smallest absolute Gasteiger partial charge is 0.157 e. The molecule has 1 saturated heterocycles. The highest BCUT2D eigenvalue weighted by Gasteiger charge is 2.30. The van der Waals surface area contributed by atoms with E-state index in [2.05, 4.69) is 13.5 Å². The van der Waals surface area contributed by atoms with Crippen LogP contribution in [0.5, 0.6) is 0 Å². The zero-order valence-corrected chi connectivity index (χ0v) is 8.27. The molecule has 3 heteroatoms. The first-order chi connectivity index (χ1) is 6.17. The van der Waals surface area contributed by atoms with Gasteiger partial charge in [-0.3, -0.25) is 0 Å². The molecule has 0 aromatic carbocycles. The fourth-order valence-corrected chi connectivity index (χ4v) is 1.65. The van der Waals surface area contributed by atoms with E-state index in [1.807, 2.05) is 0 Å². The maximum Gasteiger partial charge on any atom is 0.157 e. The lowest BCUT2D eigenvalue weighted by molar-refractivity contribution is -0.208. The van der Waals surface area contributed by atoms with Crippen molar-refractivity contribution in [3.05, 3.63) is 12.7 Å². The van der Waals surface area contributed by atoms with Crippen molar-refractivity contribution in [2.45, 2.75) is 38.3 Å². The molecular formula is C10H18O3. The van der Waals surface area contributed by atoms with Gasteiger partial charge in [0.25, 0.3) is 0 Å². The quantitative estimate of drug-likeness (QED) is 0.676. The summed E-state index contributed by atoms with van der Waals surface area (Å²) in [5, 5.41) is 9.52. The molecule has 3 nitrogen and oxygen atoms in total. The maximum atomic E-state index is 9.52. The fraction of sp³-hybridized carbons (Fsp3) is 0.800. The van der Waals surface area contributed by atoms with Crippen LogP contribution in [-0.4, -0.2) is 30.7 Å². The van der Waals surface area contributed by atoms with Crippen molar-refractivity contribution >= 4 is 0 Å². The van der Waals surface area contributed by atoms with Crippen molar-refractivity contribution in [3.8, 4) is 0 Å². The largest absolute Gasteiger partial charge is 0.386 e. The van der Waals surface area contributed by atoms with Crippen LogP contribution < -0.4 is 0 Å². The standard InChI is InChI=1S/C10H18O3/c1-4-8(11)9-5-7(2)6-10(12-3)13-9/h4,7-11H,1,5-6H2,2-3H3. The third kappa shape index (κ3) is 2.79. The molecule has 13 heavy (non-hydrogen) atoms. The molecule has 0 radical (unpaired) electrons. The Kier molecular flexibility index (Phi) is 3.90. The van der Waals surface area contributed by atoms with Crippen LogP contribution >= 0.6 is 0 Å². The Morgan fingerprint density at radius 1 is 1.62 bits per heavy atom. The minimum atomic E-state index is -0.583. The minimum absolute atomic E-state index is 0.161. The average molecular weight is 186 g/mol. The molecule has 1 aliphatic heterocycles. The van der Waals surface area contributed by atoms with E-state index in [9.17, 15) is 5.11 Å². The lowest BCUT2D eigenvalue weighted by Gasteiger charge is -2.34. The van der Waals surface area contributed by atoms with Crippen molar-refractivity contribution < 1.29 is 14.6 Å². The van der Waals surface area contributed by atoms with E-state index in [0.717, 1.165) is 12.8 Å². The molecule has 1 N–H and O–H groups in total.